The van der Waals surface area contributed by atoms with Crippen molar-refractivity contribution in [2.45, 2.75) is 58.6 Å². The van der Waals surface area contributed by atoms with Gasteiger partial charge in [0, 0.05) is 16.6 Å². The Morgan fingerprint density at radius 2 is 2.03 bits per heavy atom. The van der Waals surface area contributed by atoms with Crippen molar-refractivity contribution in [1.82, 2.24) is 24.6 Å². The average Bonchev–Trinajstić information content (AvgIpc) is 3.31. The molecule has 9 heteroatoms. The highest BCUT2D eigenvalue weighted by atomic mass is 32.1. The molecule has 3 saturated heterocycles. The Bertz CT molecular complexity index is 1210. The van der Waals surface area contributed by atoms with Crippen LogP contribution < -0.4 is 5.56 Å². The number of aromatic nitrogens is 4. The number of aromatic amines is 1. The highest BCUT2D eigenvalue weighted by molar-refractivity contribution is 7.22. The number of rotatable bonds is 2. The summed E-state index contributed by atoms with van der Waals surface area (Å²) in [6.45, 7) is 9.45. The molecule has 0 amide bonds. The molecule has 0 unspecified atom stereocenters. The number of carbonyl (C=O) groups excluding carboxylic acids is 1. The zero-order valence-corrected chi connectivity index (χ0v) is 19.1. The number of carbonyl (C=O) groups is 1. The molecule has 0 aromatic carbocycles. The van der Waals surface area contributed by atoms with Crippen LogP contribution in [0.15, 0.2) is 17.1 Å². The van der Waals surface area contributed by atoms with Crippen molar-refractivity contribution in [3.63, 3.8) is 0 Å². The van der Waals surface area contributed by atoms with Crippen LogP contribution in [0.4, 0.5) is 4.79 Å². The van der Waals surface area contributed by atoms with Crippen molar-refractivity contribution in [3.8, 4) is 10.4 Å². The van der Waals surface area contributed by atoms with Crippen LogP contribution in [0.5, 0.6) is 0 Å². The van der Waals surface area contributed by atoms with E-state index in [9.17, 15) is 9.59 Å². The first kappa shape index (κ1) is 20.4. The van der Waals surface area contributed by atoms with E-state index in [1.807, 2.05) is 33.8 Å². The Balaban J connectivity index is 1.49. The number of thiophene rings is 1. The summed E-state index contributed by atoms with van der Waals surface area (Å²) in [4.78, 5) is 36.4. The molecule has 3 aromatic heterocycles. The standard InChI is InChI=1S/C22H27N5O3S/c1-12-14(11-27(25-12)21(29)30-22(2,3)4)17-10-15-18(31-17)20(28)24-19(23-15)16-9-13-5-7-26(16)8-6-13/h10-11,13,16H,5-9H2,1-4H3,(H,23,24,28)/t16-/m1/s1. The lowest BCUT2D eigenvalue weighted by Gasteiger charge is -2.44. The minimum absolute atomic E-state index is 0.101. The molecule has 0 saturated carbocycles. The zero-order chi connectivity index (χ0) is 21.9. The number of H-pyrrole nitrogens is 1. The van der Waals surface area contributed by atoms with Crippen LogP contribution in [0.1, 0.15) is 57.6 Å². The average molecular weight is 442 g/mol. The Hall–Kier alpha value is -2.52. The summed E-state index contributed by atoms with van der Waals surface area (Å²) in [5.41, 5.74) is 1.50. The normalized spacial score (nSPS) is 23.4. The maximum absolute atomic E-state index is 12.8. The Morgan fingerprint density at radius 1 is 1.29 bits per heavy atom. The molecule has 3 fully saturated rings. The molecule has 31 heavy (non-hydrogen) atoms. The predicted molar refractivity (Wildman–Crippen MR) is 119 cm³/mol. The third kappa shape index (κ3) is 3.80. The van der Waals surface area contributed by atoms with Crippen LogP contribution in [0.2, 0.25) is 0 Å². The molecule has 3 aliphatic heterocycles. The van der Waals surface area contributed by atoms with E-state index in [4.69, 9.17) is 9.72 Å². The topological polar surface area (TPSA) is 93.1 Å². The molecule has 6 rings (SSSR count). The third-order valence-electron chi connectivity index (χ3n) is 6.11. The predicted octanol–water partition coefficient (Wildman–Crippen LogP) is 4.10. The second kappa shape index (κ2) is 7.27. The molecule has 6 heterocycles. The van der Waals surface area contributed by atoms with Crippen molar-refractivity contribution < 1.29 is 9.53 Å². The Morgan fingerprint density at radius 3 is 2.68 bits per heavy atom. The number of hydrogen-bond acceptors (Lipinski definition) is 7. The van der Waals surface area contributed by atoms with Gasteiger partial charge in [-0.25, -0.2) is 9.78 Å². The molecule has 1 atom stereocenters. The van der Waals surface area contributed by atoms with E-state index in [0.717, 1.165) is 41.7 Å². The van der Waals surface area contributed by atoms with Crippen LogP contribution in [0.25, 0.3) is 20.7 Å². The molecule has 3 aromatic rings. The number of nitrogens with zero attached hydrogens (tertiary/aromatic N) is 4. The van der Waals surface area contributed by atoms with Gasteiger partial charge in [0.05, 0.1) is 17.3 Å². The molecule has 3 aliphatic rings. The first-order chi connectivity index (χ1) is 14.7. The first-order valence-corrected chi connectivity index (χ1v) is 11.6. The quantitative estimate of drug-likeness (QED) is 0.644. The molecular formula is C22H27N5O3S. The summed E-state index contributed by atoms with van der Waals surface area (Å²) in [5.74, 6) is 1.50. The molecule has 164 valence electrons. The molecule has 0 spiro atoms. The van der Waals surface area contributed by atoms with Gasteiger partial charge in [0.2, 0.25) is 0 Å². The second-order valence-corrected chi connectivity index (χ2v) is 10.6. The van der Waals surface area contributed by atoms with E-state index in [0.29, 0.717) is 15.9 Å². The molecule has 1 N–H and O–H groups in total. The fourth-order valence-electron chi connectivity index (χ4n) is 4.60. The van der Waals surface area contributed by atoms with Gasteiger partial charge in [0.25, 0.3) is 5.56 Å². The third-order valence-corrected chi connectivity index (χ3v) is 7.26. The van der Waals surface area contributed by atoms with Crippen molar-refractivity contribution >= 4 is 27.6 Å². The summed E-state index contributed by atoms with van der Waals surface area (Å²) >= 11 is 1.37. The molecule has 0 aliphatic carbocycles. The van der Waals surface area contributed by atoms with E-state index < -0.39 is 11.7 Å². The van der Waals surface area contributed by atoms with E-state index in [2.05, 4.69) is 15.0 Å². The summed E-state index contributed by atoms with van der Waals surface area (Å²) < 4.78 is 7.22. The number of hydrogen-bond donors (Lipinski definition) is 1. The summed E-state index contributed by atoms with van der Waals surface area (Å²) in [6.07, 6.45) is 4.68. The van der Waals surface area contributed by atoms with Gasteiger partial charge in [0.1, 0.15) is 16.1 Å². The molecule has 0 radical (unpaired) electrons. The Labute approximate surface area is 184 Å². The van der Waals surface area contributed by atoms with Gasteiger partial charge in [-0.2, -0.15) is 9.78 Å². The minimum atomic E-state index is -0.600. The van der Waals surface area contributed by atoms with Crippen molar-refractivity contribution in [1.29, 1.82) is 0 Å². The van der Waals surface area contributed by atoms with Gasteiger partial charge in [-0.3, -0.25) is 9.69 Å². The smallest absolute Gasteiger partial charge is 0.435 e. The lowest BCUT2D eigenvalue weighted by atomic mass is 9.83. The fourth-order valence-corrected chi connectivity index (χ4v) is 5.66. The molecule has 8 nitrogen and oxygen atoms in total. The van der Waals surface area contributed by atoms with E-state index >= 15 is 0 Å². The van der Waals surface area contributed by atoms with Gasteiger partial charge < -0.3 is 9.72 Å². The van der Waals surface area contributed by atoms with Crippen LogP contribution in [0, 0.1) is 12.8 Å². The number of nitrogens with one attached hydrogen (secondary N) is 1. The van der Waals surface area contributed by atoms with Gasteiger partial charge in [0.15, 0.2) is 0 Å². The largest absolute Gasteiger partial charge is 0.442 e. The SMILES string of the molecule is Cc1nn(C(=O)OC(C)(C)C)cc1-c1cc2nc([C@H]3CC4CCN3CC4)[nH]c(=O)c2s1. The summed E-state index contributed by atoms with van der Waals surface area (Å²) in [6, 6.07) is 2.13. The molecular weight excluding hydrogens is 414 g/mol. The van der Waals surface area contributed by atoms with Crippen LogP contribution >= 0.6 is 11.3 Å². The van der Waals surface area contributed by atoms with Gasteiger partial charge >= 0.3 is 6.09 Å². The fraction of sp³-hybridized carbons (Fsp3) is 0.545. The number of aryl methyl sites for hydroxylation is 1. The van der Waals surface area contributed by atoms with Crippen molar-refractivity contribution in [2.75, 3.05) is 13.1 Å². The summed E-state index contributed by atoms with van der Waals surface area (Å²) in [7, 11) is 0. The van der Waals surface area contributed by atoms with Gasteiger partial charge in [-0.05, 0) is 72.0 Å². The van der Waals surface area contributed by atoms with Crippen molar-refractivity contribution in [2.24, 2.45) is 5.92 Å². The lowest BCUT2D eigenvalue weighted by Crippen LogP contribution is -2.44. The van der Waals surface area contributed by atoms with E-state index in [1.165, 1.54) is 28.9 Å². The summed E-state index contributed by atoms with van der Waals surface area (Å²) in [5, 5.41) is 4.32. The molecule has 2 bridgehead atoms. The van der Waals surface area contributed by atoms with Crippen LogP contribution in [-0.2, 0) is 4.74 Å². The monoisotopic (exact) mass is 441 g/mol. The highest BCUT2D eigenvalue weighted by Gasteiger charge is 2.36. The minimum Gasteiger partial charge on any atom is -0.442 e. The first-order valence-electron chi connectivity index (χ1n) is 10.8. The number of ether oxygens (including phenoxy) is 1. The maximum Gasteiger partial charge on any atom is 0.435 e. The number of fused-ring (bicyclic) bond motifs is 4. The van der Waals surface area contributed by atoms with Crippen molar-refractivity contribution in [3.05, 3.63) is 34.1 Å². The number of piperidine rings is 3. The lowest BCUT2D eigenvalue weighted by molar-refractivity contribution is 0.0445. The van der Waals surface area contributed by atoms with Gasteiger partial charge in [-0.1, -0.05) is 0 Å². The Kier molecular flexibility index (Phi) is 4.78. The maximum atomic E-state index is 12.8. The van der Waals surface area contributed by atoms with E-state index in [1.54, 1.807) is 6.20 Å². The highest BCUT2D eigenvalue weighted by Crippen LogP contribution is 2.40. The van der Waals surface area contributed by atoms with E-state index in [-0.39, 0.29) is 11.6 Å². The second-order valence-electron chi connectivity index (χ2n) is 9.56. The zero-order valence-electron chi connectivity index (χ0n) is 18.3. The van der Waals surface area contributed by atoms with Gasteiger partial charge in [-0.15, -0.1) is 11.3 Å². The van der Waals surface area contributed by atoms with Crippen LogP contribution in [0.3, 0.4) is 0 Å². The van der Waals surface area contributed by atoms with Crippen LogP contribution in [-0.4, -0.2) is 49.4 Å².